The third-order valence-electron chi connectivity index (χ3n) is 7.65. The molecule has 0 radical (unpaired) electrons. The number of hydrogen-bond acceptors (Lipinski definition) is 4. The molecule has 0 bridgehead atoms. The van der Waals surface area contributed by atoms with Crippen LogP contribution in [0.25, 0.3) is 0 Å². The van der Waals surface area contributed by atoms with Gasteiger partial charge in [0, 0.05) is 31.5 Å². The largest absolute Gasteiger partial charge is 0.351 e. The Kier molecular flexibility index (Phi) is 6.19. The van der Waals surface area contributed by atoms with E-state index in [0.717, 1.165) is 61.3 Å². The minimum Gasteiger partial charge on any atom is -0.351 e. The molecule has 2 aliphatic heterocycles. The number of carbonyl (C=O) groups is 2. The Morgan fingerprint density at radius 3 is 2.55 bits per heavy atom. The Labute approximate surface area is 196 Å². The normalized spacial score (nSPS) is 19.6. The van der Waals surface area contributed by atoms with Crippen molar-refractivity contribution in [3.8, 4) is 0 Å². The van der Waals surface area contributed by atoms with E-state index in [0.29, 0.717) is 19.6 Å². The molecule has 1 saturated heterocycles. The predicted molar refractivity (Wildman–Crippen MR) is 128 cm³/mol. The number of amides is 2. The second-order valence-corrected chi connectivity index (χ2v) is 9.86. The van der Waals surface area contributed by atoms with Gasteiger partial charge in [0.1, 0.15) is 0 Å². The standard InChI is InChI=1S/C27H34N4O2/c1-20-24(17-29-25(32)19-30-13-6-3-7-14-30)23-10-15-31(18-21(23)16-28-20)26(33)27(11-12-27)22-8-4-2-5-9-22/h2,4-5,8-9,16H,3,6-7,10-15,17-19H2,1H3,(H,29,32). The summed E-state index contributed by atoms with van der Waals surface area (Å²) in [4.78, 5) is 34.9. The highest BCUT2D eigenvalue weighted by molar-refractivity contribution is 5.91. The van der Waals surface area contributed by atoms with Gasteiger partial charge in [0.25, 0.3) is 0 Å². The molecule has 0 spiro atoms. The second-order valence-electron chi connectivity index (χ2n) is 9.86. The zero-order valence-corrected chi connectivity index (χ0v) is 19.6. The number of carbonyl (C=O) groups excluding carboxylic acids is 2. The van der Waals surface area contributed by atoms with Crippen LogP contribution in [0, 0.1) is 6.92 Å². The fourth-order valence-corrected chi connectivity index (χ4v) is 5.50. The summed E-state index contributed by atoms with van der Waals surface area (Å²) in [6.07, 6.45) is 8.23. The summed E-state index contributed by atoms with van der Waals surface area (Å²) in [6, 6.07) is 10.2. The van der Waals surface area contributed by atoms with Crippen molar-refractivity contribution in [2.45, 2.75) is 64.0 Å². The molecule has 2 aromatic rings. The third-order valence-corrected chi connectivity index (χ3v) is 7.65. The fourth-order valence-electron chi connectivity index (χ4n) is 5.50. The first-order valence-electron chi connectivity index (χ1n) is 12.4. The van der Waals surface area contributed by atoms with Crippen LogP contribution >= 0.6 is 0 Å². The molecule has 0 atom stereocenters. The number of aryl methyl sites for hydroxylation is 1. The van der Waals surface area contributed by atoms with Crippen molar-refractivity contribution in [2.75, 3.05) is 26.2 Å². The van der Waals surface area contributed by atoms with Gasteiger partial charge in [-0.1, -0.05) is 36.8 Å². The van der Waals surface area contributed by atoms with Gasteiger partial charge in [0.15, 0.2) is 0 Å². The van der Waals surface area contributed by atoms with Gasteiger partial charge in [-0.15, -0.1) is 0 Å². The number of hydrogen-bond donors (Lipinski definition) is 1. The van der Waals surface area contributed by atoms with Crippen LogP contribution in [0.15, 0.2) is 36.5 Å². The Hall–Kier alpha value is -2.73. The third kappa shape index (κ3) is 4.54. The Balaban J connectivity index is 1.25. The van der Waals surface area contributed by atoms with Crippen molar-refractivity contribution in [2.24, 2.45) is 0 Å². The topological polar surface area (TPSA) is 65.5 Å². The molecule has 6 nitrogen and oxygen atoms in total. The Morgan fingerprint density at radius 1 is 1.06 bits per heavy atom. The van der Waals surface area contributed by atoms with Crippen LogP contribution in [0.4, 0.5) is 0 Å². The summed E-state index contributed by atoms with van der Waals surface area (Å²) in [7, 11) is 0. The highest BCUT2D eigenvalue weighted by atomic mass is 16.2. The van der Waals surface area contributed by atoms with Gasteiger partial charge in [-0.3, -0.25) is 19.5 Å². The minimum atomic E-state index is -0.331. The number of nitrogens with zero attached hydrogens (tertiary/aromatic N) is 3. The van der Waals surface area contributed by atoms with Gasteiger partial charge < -0.3 is 10.2 Å². The Bertz CT molecular complexity index is 1030. The lowest BCUT2D eigenvalue weighted by Crippen LogP contribution is -2.43. The molecule has 1 aliphatic carbocycles. The number of fused-ring (bicyclic) bond motifs is 1. The van der Waals surface area contributed by atoms with Crippen LogP contribution in [0.1, 0.15) is 60.1 Å². The molecule has 5 rings (SSSR count). The number of aromatic nitrogens is 1. The van der Waals surface area contributed by atoms with Crippen molar-refractivity contribution in [1.82, 2.24) is 20.1 Å². The van der Waals surface area contributed by atoms with E-state index in [9.17, 15) is 9.59 Å². The fraction of sp³-hybridized carbons (Fsp3) is 0.519. The van der Waals surface area contributed by atoms with Crippen LogP contribution in [0.5, 0.6) is 0 Å². The summed E-state index contributed by atoms with van der Waals surface area (Å²) in [6.45, 7) is 6.36. The maximum atomic E-state index is 13.5. The van der Waals surface area contributed by atoms with E-state index in [1.807, 2.05) is 36.2 Å². The molecule has 174 valence electrons. The lowest BCUT2D eigenvalue weighted by atomic mass is 9.91. The van der Waals surface area contributed by atoms with E-state index in [-0.39, 0.29) is 17.2 Å². The molecule has 1 N–H and O–H groups in total. The van der Waals surface area contributed by atoms with Gasteiger partial charge >= 0.3 is 0 Å². The zero-order chi connectivity index (χ0) is 22.8. The molecule has 1 saturated carbocycles. The molecule has 6 heteroatoms. The SMILES string of the molecule is Cc1ncc2c(c1CNC(=O)CN1CCCCC1)CCN(C(=O)C1(c3ccccc3)CC1)C2. The van der Waals surface area contributed by atoms with Crippen molar-refractivity contribution in [3.05, 3.63) is 64.5 Å². The maximum Gasteiger partial charge on any atom is 0.234 e. The van der Waals surface area contributed by atoms with Gasteiger partial charge in [-0.25, -0.2) is 0 Å². The lowest BCUT2D eigenvalue weighted by Gasteiger charge is -2.33. The van der Waals surface area contributed by atoms with E-state index in [2.05, 4.69) is 27.3 Å². The molecule has 1 aromatic carbocycles. The average molecular weight is 447 g/mol. The van der Waals surface area contributed by atoms with E-state index in [4.69, 9.17) is 0 Å². The molecule has 3 aliphatic rings. The van der Waals surface area contributed by atoms with Gasteiger partial charge in [-0.05, 0) is 74.4 Å². The molecule has 2 amide bonds. The van der Waals surface area contributed by atoms with Crippen molar-refractivity contribution < 1.29 is 9.59 Å². The van der Waals surface area contributed by atoms with Crippen molar-refractivity contribution >= 4 is 11.8 Å². The Morgan fingerprint density at radius 2 is 1.82 bits per heavy atom. The van der Waals surface area contributed by atoms with E-state index >= 15 is 0 Å². The first kappa shape index (κ1) is 22.1. The molecule has 0 unspecified atom stereocenters. The molecule has 2 fully saturated rings. The van der Waals surface area contributed by atoms with Crippen LogP contribution in [0.2, 0.25) is 0 Å². The lowest BCUT2D eigenvalue weighted by molar-refractivity contribution is -0.135. The molecule has 1 aromatic heterocycles. The number of piperidine rings is 1. The number of likely N-dealkylation sites (tertiary alicyclic amines) is 1. The molecular formula is C27H34N4O2. The van der Waals surface area contributed by atoms with Crippen molar-refractivity contribution in [1.29, 1.82) is 0 Å². The van der Waals surface area contributed by atoms with Gasteiger partial charge in [0.2, 0.25) is 11.8 Å². The first-order chi connectivity index (χ1) is 16.1. The minimum absolute atomic E-state index is 0.0834. The number of nitrogens with one attached hydrogen (secondary N) is 1. The van der Waals surface area contributed by atoms with Gasteiger partial charge in [-0.2, -0.15) is 0 Å². The van der Waals surface area contributed by atoms with E-state index in [1.165, 1.54) is 24.8 Å². The van der Waals surface area contributed by atoms with Crippen molar-refractivity contribution in [3.63, 3.8) is 0 Å². The van der Waals surface area contributed by atoms with E-state index in [1.54, 1.807) is 0 Å². The van der Waals surface area contributed by atoms with Crippen LogP contribution in [0.3, 0.4) is 0 Å². The number of rotatable bonds is 6. The van der Waals surface area contributed by atoms with E-state index < -0.39 is 0 Å². The molecule has 33 heavy (non-hydrogen) atoms. The summed E-state index contributed by atoms with van der Waals surface area (Å²) >= 11 is 0. The smallest absolute Gasteiger partial charge is 0.234 e. The number of benzene rings is 1. The van der Waals surface area contributed by atoms with Crippen LogP contribution in [-0.4, -0.2) is 52.8 Å². The monoisotopic (exact) mass is 446 g/mol. The van der Waals surface area contributed by atoms with Crippen LogP contribution in [-0.2, 0) is 34.5 Å². The molecular weight excluding hydrogens is 412 g/mol. The van der Waals surface area contributed by atoms with Crippen LogP contribution < -0.4 is 5.32 Å². The van der Waals surface area contributed by atoms with Gasteiger partial charge in [0.05, 0.1) is 12.0 Å². The highest BCUT2D eigenvalue weighted by Crippen LogP contribution is 2.50. The summed E-state index contributed by atoms with van der Waals surface area (Å²) in [5, 5.41) is 3.13. The highest BCUT2D eigenvalue weighted by Gasteiger charge is 2.53. The zero-order valence-electron chi connectivity index (χ0n) is 19.6. The summed E-state index contributed by atoms with van der Waals surface area (Å²) < 4.78 is 0. The average Bonchev–Trinajstić information content (AvgIpc) is 3.66. The molecule has 3 heterocycles. The number of pyridine rings is 1. The summed E-state index contributed by atoms with van der Waals surface area (Å²) in [5.41, 5.74) is 5.27. The first-order valence-corrected chi connectivity index (χ1v) is 12.4. The summed E-state index contributed by atoms with van der Waals surface area (Å²) in [5.74, 6) is 0.330. The second kappa shape index (κ2) is 9.26. The quantitative estimate of drug-likeness (QED) is 0.741. The predicted octanol–water partition coefficient (Wildman–Crippen LogP) is 3.11. The maximum absolute atomic E-state index is 13.5.